The molecule has 0 aromatic heterocycles. The fourth-order valence-corrected chi connectivity index (χ4v) is 5.82. The van der Waals surface area contributed by atoms with Crippen LogP contribution in [-0.2, 0) is 16.4 Å². The van der Waals surface area contributed by atoms with Crippen LogP contribution in [0, 0.1) is 13.8 Å². The van der Waals surface area contributed by atoms with Gasteiger partial charge < -0.3 is 0 Å². The molecule has 0 spiro atoms. The number of benzene rings is 2. The number of thioether (sulfide) groups is 1. The number of nitrogens with zero attached hydrogens (tertiary/aromatic N) is 3. The molecule has 1 atom stereocenters. The van der Waals surface area contributed by atoms with E-state index in [1.165, 1.54) is 21.7 Å². The Labute approximate surface area is 176 Å². The second kappa shape index (κ2) is 7.50. The van der Waals surface area contributed by atoms with E-state index in [2.05, 4.69) is 36.5 Å². The Balaban J connectivity index is 1.57. The molecule has 0 saturated carbocycles. The van der Waals surface area contributed by atoms with Crippen molar-refractivity contribution in [3.05, 3.63) is 58.7 Å². The quantitative estimate of drug-likeness (QED) is 0.808. The molecule has 1 N–H and O–H groups in total. The summed E-state index contributed by atoms with van der Waals surface area (Å²) in [6.45, 7) is 6.09. The lowest BCUT2D eigenvalue weighted by Gasteiger charge is -2.22. The molecule has 2 heterocycles. The van der Waals surface area contributed by atoms with Gasteiger partial charge in [0.25, 0.3) is 0 Å². The predicted molar refractivity (Wildman–Crippen MR) is 122 cm³/mol. The molecule has 2 aliphatic rings. The van der Waals surface area contributed by atoms with Crippen molar-refractivity contribution in [2.75, 3.05) is 16.3 Å². The van der Waals surface area contributed by atoms with Crippen LogP contribution >= 0.6 is 11.8 Å². The van der Waals surface area contributed by atoms with Crippen molar-refractivity contribution in [2.45, 2.75) is 33.2 Å². The Morgan fingerprint density at radius 3 is 2.72 bits per heavy atom. The van der Waals surface area contributed by atoms with E-state index in [4.69, 9.17) is 4.99 Å². The van der Waals surface area contributed by atoms with Gasteiger partial charge in [-0.25, -0.2) is 13.4 Å². The minimum Gasteiger partial charge on any atom is -0.267 e. The summed E-state index contributed by atoms with van der Waals surface area (Å²) < 4.78 is 25.7. The van der Waals surface area contributed by atoms with Gasteiger partial charge in [0.1, 0.15) is 0 Å². The van der Waals surface area contributed by atoms with Crippen molar-refractivity contribution >= 4 is 44.0 Å². The van der Waals surface area contributed by atoms with Crippen molar-refractivity contribution in [3.63, 3.8) is 0 Å². The van der Waals surface area contributed by atoms with E-state index in [0.29, 0.717) is 12.2 Å². The lowest BCUT2D eigenvalue weighted by Crippen LogP contribution is -2.34. The largest absolute Gasteiger partial charge is 0.267 e. The number of amidine groups is 1. The summed E-state index contributed by atoms with van der Waals surface area (Å²) in [6, 6.07) is 11.9. The average molecular weight is 429 g/mol. The van der Waals surface area contributed by atoms with Crippen LogP contribution < -0.4 is 9.73 Å². The van der Waals surface area contributed by atoms with Gasteiger partial charge in [-0.15, -0.1) is 0 Å². The first-order valence-electron chi connectivity index (χ1n) is 9.47. The molecule has 0 amide bonds. The highest BCUT2D eigenvalue weighted by Gasteiger charge is 2.32. The van der Waals surface area contributed by atoms with Gasteiger partial charge in [-0.1, -0.05) is 30.0 Å². The van der Waals surface area contributed by atoms with Crippen molar-refractivity contribution in [3.8, 4) is 0 Å². The van der Waals surface area contributed by atoms with Crippen molar-refractivity contribution < 1.29 is 8.42 Å². The first kappa shape index (κ1) is 20.0. The molecule has 0 aliphatic carbocycles. The number of rotatable bonds is 3. The summed E-state index contributed by atoms with van der Waals surface area (Å²) in [7, 11) is -3.28. The third-order valence-corrected chi connectivity index (χ3v) is 7.50. The number of nitrogens with one attached hydrogen (secondary N) is 1. The zero-order valence-corrected chi connectivity index (χ0v) is 18.6. The Morgan fingerprint density at radius 2 is 2.03 bits per heavy atom. The van der Waals surface area contributed by atoms with Crippen LogP contribution in [0.25, 0.3) is 0 Å². The third kappa shape index (κ3) is 3.91. The molecule has 6 nitrogen and oxygen atoms in total. The molecule has 4 rings (SSSR count). The maximum Gasteiger partial charge on any atom is 0.232 e. The van der Waals surface area contributed by atoms with Crippen LogP contribution in [0.3, 0.4) is 0 Å². The zero-order valence-electron chi connectivity index (χ0n) is 16.9. The SMILES string of the molecule is Cc1cccc(N=C2NN=C(c3ccc4c(c3)C[C@H](C)N4S(C)(=O)=O)CS2)c1C. The molecule has 2 aliphatic heterocycles. The Bertz CT molecular complexity index is 1140. The highest BCUT2D eigenvalue weighted by Crippen LogP contribution is 2.35. The smallest absolute Gasteiger partial charge is 0.232 e. The normalized spacial score (nSPS) is 20.4. The highest BCUT2D eigenvalue weighted by atomic mass is 32.2. The molecule has 29 heavy (non-hydrogen) atoms. The minimum atomic E-state index is -3.28. The van der Waals surface area contributed by atoms with Crippen LogP contribution in [0.15, 0.2) is 46.5 Å². The topological polar surface area (TPSA) is 74.1 Å². The van der Waals surface area contributed by atoms with Crippen molar-refractivity contribution in [1.29, 1.82) is 0 Å². The fourth-order valence-electron chi connectivity index (χ4n) is 3.78. The van der Waals surface area contributed by atoms with Crippen molar-refractivity contribution in [2.24, 2.45) is 10.1 Å². The van der Waals surface area contributed by atoms with Gasteiger partial charge in [0.05, 0.1) is 23.3 Å². The lowest BCUT2D eigenvalue weighted by atomic mass is 10.0. The molecule has 0 bridgehead atoms. The third-order valence-electron chi connectivity index (χ3n) is 5.35. The molecule has 0 fully saturated rings. The van der Waals surface area contributed by atoms with Gasteiger partial charge in [-0.3, -0.25) is 9.73 Å². The zero-order chi connectivity index (χ0) is 20.8. The summed E-state index contributed by atoms with van der Waals surface area (Å²) in [5.41, 5.74) is 10.2. The van der Waals surface area contributed by atoms with E-state index in [1.54, 1.807) is 11.8 Å². The van der Waals surface area contributed by atoms with Gasteiger partial charge in [0.15, 0.2) is 5.17 Å². The van der Waals surface area contributed by atoms with E-state index in [9.17, 15) is 8.42 Å². The van der Waals surface area contributed by atoms with Crippen LogP contribution in [-0.4, -0.2) is 37.3 Å². The summed E-state index contributed by atoms with van der Waals surface area (Å²) in [5, 5.41) is 5.30. The maximum absolute atomic E-state index is 12.1. The average Bonchev–Trinajstić information content (AvgIpc) is 3.01. The summed E-state index contributed by atoms with van der Waals surface area (Å²) >= 11 is 1.62. The molecule has 152 valence electrons. The van der Waals surface area contributed by atoms with Gasteiger partial charge >= 0.3 is 0 Å². The number of sulfonamides is 1. The monoisotopic (exact) mass is 428 g/mol. The van der Waals surface area contributed by atoms with E-state index in [1.807, 2.05) is 31.2 Å². The first-order chi connectivity index (χ1) is 13.7. The molecule has 8 heteroatoms. The van der Waals surface area contributed by atoms with Gasteiger partial charge in [-0.2, -0.15) is 5.10 Å². The number of fused-ring (bicyclic) bond motifs is 1. The van der Waals surface area contributed by atoms with Gasteiger partial charge in [0, 0.05) is 11.8 Å². The second-order valence-corrected chi connectivity index (χ2v) is 10.4. The van der Waals surface area contributed by atoms with Crippen LogP contribution in [0.5, 0.6) is 0 Å². The van der Waals surface area contributed by atoms with E-state index in [0.717, 1.165) is 33.4 Å². The number of anilines is 1. The Morgan fingerprint density at radius 1 is 1.24 bits per heavy atom. The number of hydrazone groups is 1. The number of hydrogen-bond acceptors (Lipinski definition) is 5. The van der Waals surface area contributed by atoms with Crippen LogP contribution in [0.2, 0.25) is 0 Å². The van der Waals surface area contributed by atoms with Crippen molar-refractivity contribution in [1.82, 2.24) is 5.43 Å². The molecule has 0 unspecified atom stereocenters. The summed E-state index contributed by atoms with van der Waals surface area (Å²) in [6.07, 6.45) is 1.97. The fraction of sp³-hybridized carbons (Fsp3) is 0.333. The highest BCUT2D eigenvalue weighted by molar-refractivity contribution is 8.14. The predicted octanol–water partition coefficient (Wildman–Crippen LogP) is 3.74. The van der Waals surface area contributed by atoms with Crippen LogP contribution in [0.1, 0.15) is 29.2 Å². The molecular weight excluding hydrogens is 404 g/mol. The molecule has 0 radical (unpaired) electrons. The van der Waals surface area contributed by atoms with E-state index in [-0.39, 0.29) is 6.04 Å². The molecule has 2 aromatic carbocycles. The molecule has 0 saturated heterocycles. The molecular formula is C21H24N4O2S2. The number of aliphatic imine (C=N–C) groups is 1. The minimum absolute atomic E-state index is 0.0626. The summed E-state index contributed by atoms with van der Waals surface area (Å²) in [5.74, 6) is 0.709. The summed E-state index contributed by atoms with van der Waals surface area (Å²) in [4.78, 5) is 4.70. The standard InChI is InChI=1S/C21H24N4O2S2/c1-13-6-5-7-18(15(13)3)22-21-24-23-19(12-28-21)16-8-9-20-17(11-16)10-14(2)25(20)29(4,26)27/h5-9,11,14H,10,12H2,1-4H3,(H,22,24)/t14-/m0/s1. The molecule has 2 aromatic rings. The first-order valence-corrected chi connectivity index (χ1v) is 12.3. The lowest BCUT2D eigenvalue weighted by molar-refractivity contribution is 0.590. The Kier molecular flexibility index (Phi) is 5.16. The Hall–Kier alpha value is -2.32. The van der Waals surface area contributed by atoms with Gasteiger partial charge in [0.2, 0.25) is 10.0 Å². The van der Waals surface area contributed by atoms with E-state index >= 15 is 0 Å². The van der Waals surface area contributed by atoms with E-state index < -0.39 is 10.0 Å². The maximum atomic E-state index is 12.1. The second-order valence-electron chi connectivity index (χ2n) is 7.55. The number of hydrogen-bond donors (Lipinski definition) is 1. The van der Waals surface area contributed by atoms with Gasteiger partial charge in [-0.05, 0) is 67.6 Å². The number of aryl methyl sites for hydroxylation is 1. The van der Waals surface area contributed by atoms with Crippen LogP contribution in [0.4, 0.5) is 11.4 Å².